The SMILES string of the molecule is CCCCN1CCC(NC(=NC)NCC2(c3cccc(F)c3)CC2)CC1. The predicted molar refractivity (Wildman–Crippen MR) is 106 cm³/mol. The molecule has 0 spiro atoms. The van der Waals surface area contributed by atoms with Crippen molar-refractivity contribution in [3.63, 3.8) is 0 Å². The number of piperidine rings is 1. The van der Waals surface area contributed by atoms with E-state index in [1.165, 1.54) is 51.4 Å². The topological polar surface area (TPSA) is 39.7 Å². The monoisotopic (exact) mass is 360 g/mol. The van der Waals surface area contributed by atoms with Crippen LogP contribution in [0.4, 0.5) is 4.39 Å². The third-order valence-electron chi connectivity index (χ3n) is 5.86. The van der Waals surface area contributed by atoms with E-state index in [1.54, 1.807) is 6.07 Å². The number of hydrogen-bond acceptors (Lipinski definition) is 2. The van der Waals surface area contributed by atoms with Gasteiger partial charge in [0, 0.05) is 38.1 Å². The molecule has 0 amide bonds. The number of likely N-dealkylation sites (tertiary alicyclic amines) is 1. The van der Waals surface area contributed by atoms with E-state index >= 15 is 0 Å². The van der Waals surface area contributed by atoms with Gasteiger partial charge in [-0.05, 0) is 56.3 Å². The van der Waals surface area contributed by atoms with Crippen molar-refractivity contribution in [3.05, 3.63) is 35.6 Å². The van der Waals surface area contributed by atoms with E-state index in [-0.39, 0.29) is 11.2 Å². The van der Waals surface area contributed by atoms with Crippen LogP contribution in [0, 0.1) is 5.82 Å². The fourth-order valence-electron chi connectivity index (χ4n) is 3.86. The number of guanidine groups is 1. The highest BCUT2D eigenvalue weighted by molar-refractivity contribution is 5.80. The Morgan fingerprint density at radius 1 is 1.31 bits per heavy atom. The van der Waals surface area contributed by atoms with Crippen LogP contribution in [0.25, 0.3) is 0 Å². The second kappa shape index (κ2) is 8.85. The van der Waals surface area contributed by atoms with Gasteiger partial charge in [-0.1, -0.05) is 25.5 Å². The van der Waals surface area contributed by atoms with Crippen molar-refractivity contribution in [2.24, 2.45) is 4.99 Å². The van der Waals surface area contributed by atoms with Crippen LogP contribution in [0.1, 0.15) is 51.0 Å². The minimum atomic E-state index is -0.147. The first-order valence-electron chi connectivity index (χ1n) is 10.1. The number of nitrogens with zero attached hydrogens (tertiary/aromatic N) is 2. The third kappa shape index (κ3) is 4.97. The van der Waals surface area contributed by atoms with Gasteiger partial charge in [0.05, 0.1) is 0 Å². The van der Waals surface area contributed by atoms with Crippen LogP contribution in [-0.2, 0) is 5.41 Å². The summed E-state index contributed by atoms with van der Waals surface area (Å²) < 4.78 is 13.5. The zero-order valence-corrected chi connectivity index (χ0v) is 16.2. The highest BCUT2D eigenvalue weighted by atomic mass is 19.1. The Bertz CT molecular complexity index is 604. The average molecular weight is 361 g/mol. The Labute approximate surface area is 157 Å². The summed E-state index contributed by atoms with van der Waals surface area (Å²) in [5.41, 5.74) is 1.17. The van der Waals surface area contributed by atoms with E-state index in [1.807, 2.05) is 19.2 Å². The molecule has 0 radical (unpaired) electrons. The number of rotatable bonds is 7. The smallest absolute Gasteiger partial charge is 0.191 e. The molecule has 1 saturated carbocycles. The summed E-state index contributed by atoms with van der Waals surface area (Å²) in [6.07, 6.45) is 7.11. The van der Waals surface area contributed by atoms with Crippen LogP contribution >= 0.6 is 0 Å². The second-order valence-electron chi connectivity index (χ2n) is 7.83. The van der Waals surface area contributed by atoms with Crippen LogP contribution in [0.3, 0.4) is 0 Å². The van der Waals surface area contributed by atoms with Gasteiger partial charge in [0.15, 0.2) is 5.96 Å². The molecule has 1 aromatic carbocycles. The van der Waals surface area contributed by atoms with Crippen molar-refractivity contribution >= 4 is 5.96 Å². The van der Waals surface area contributed by atoms with Crippen molar-refractivity contribution in [1.29, 1.82) is 0 Å². The lowest BCUT2D eigenvalue weighted by Crippen LogP contribution is -2.49. The molecule has 4 nitrogen and oxygen atoms in total. The molecule has 0 atom stereocenters. The van der Waals surface area contributed by atoms with Crippen LogP contribution < -0.4 is 10.6 Å². The van der Waals surface area contributed by atoms with Gasteiger partial charge >= 0.3 is 0 Å². The van der Waals surface area contributed by atoms with Gasteiger partial charge < -0.3 is 15.5 Å². The Morgan fingerprint density at radius 2 is 2.08 bits per heavy atom. The van der Waals surface area contributed by atoms with E-state index < -0.39 is 0 Å². The maximum atomic E-state index is 13.5. The maximum Gasteiger partial charge on any atom is 0.191 e. The summed E-state index contributed by atoms with van der Waals surface area (Å²) in [5.74, 6) is 0.728. The molecule has 1 aliphatic heterocycles. The molecular weight excluding hydrogens is 327 g/mol. The zero-order chi connectivity index (χ0) is 18.4. The maximum absolute atomic E-state index is 13.5. The van der Waals surface area contributed by atoms with Gasteiger partial charge in [0.1, 0.15) is 5.82 Å². The van der Waals surface area contributed by atoms with Gasteiger partial charge in [-0.2, -0.15) is 0 Å². The second-order valence-corrected chi connectivity index (χ2v) is 7.83. The van der Waals surface area contributed by atoms with E-state index in [4.69, 9.17) is 0 Å². The van der Waals surface area contributed by atoms with E-state index in [2.05, 4.69) is 27.4 Å². The van der Waals surface area contributed by atoms with Gasteiger partial charge in [-0.3, -0.25) is 4.99 Å². The molecule has 0 aromatic heterocycles. The molecular formula is C21H33FN4. The molecule has 1 heterocycles. The summed E-state index contributed by atoms with van der Waals surface area (Å²) in [6, 6.07) is 7.53. The number of hydrogen-bond donors (Lipinski definition) is 2. The van der Waals surface area contributed by atoms with Gasteiger partial charge in [-0.25, -0.2) is 4.39 Å². The highest BCUT2D eigenvalue weighted by Crippen LogP contribution is 2.47. The van der Waals surface area contributed by atoms with Crippen molar-refractivity contribution in [2.45, 2.75) is 56.9 Å². The molecule has 0 unspecified atom stereocenters. The molecule has 2 aliphatic rings. The normalized spacial score (nSPS) is 20.8. The molecule has 1 saturated heterocycles. The average Bonchev–Trinajstić information content (AvgIpc) is 3.45. The van der Waals surface area contributed by atoms with E-state index in [9.17, 15) is 4.39 Å². The number of aliphatic imine (C=N–C) groups is 1. The standard InChI is InChI=1S/C21H33FN4/c1-3-4-12-26-13-8-19(9-14-26)25-20(23-2)24-16-21(10-11-21)17-6-5-7-18(22)15-17/h5-7,15,19H,3-4,8-14,16H2,1-2H3,(H2,23,24,25). The number of benzene rings is 1. The van der Waals surface area contributed by atoms with Crippen molar-refractivity contribution in [1.82, 2.24) is 15.5 Å². The summed E-state index contributed by atoms with van der Waals surface area (Å²) in [6.45, 7) is 6.63. The quantitative estimate of drug-likeness (QED) is 0.579. The van der Waals surface area contributed by atoms with Gasteiger partial charge in [0.2, 0.25) is 0 Å². The van der Waals surface area contributed by atoms with Crippen LogP contribution in [-0.4, -0.2) is 50.1 Å². The van der Waals surface area contributed by atoms with Crippen molar-refractivity contribution in [2.75, 3.05) is 33.2 Å². The molecule has 144 valence electrons. The zero-order valence-electron chi connectivity index (χ0n) is 16.2. The first kappa shape index (κ1) is 19.2. The minimum Gasteiger partial charge on any atom is -0.356 e. The van der Waals surface area contributed by atoms with Gasteiger partial charge in [0.25, 0.3) is 0 Å². The van der Waals surface area contributed by atoms with Crippen LogP contribution in [0.5, 0.6) is 0 Å². The fourth-order valence-corrected chi connectivity index (χ4v) is 3.86. The number of unbranched alkanes of at least 4 members (excludes halogenated alkanes) is 1. The van der Waals surface area contributed by atoms with Gasteiger partial charge in [-0.15, -0.1) is 0 Å². The predicted octanol–water partition coefficient (Wildman–Crippen LogP) is 3.29. The Morgan fingerprint density at radius 3 is 2.69 bits per heavy atom. The molecule has 1 aliphatic carbocycles. The van der Waals surface area contributed by atoms with Crippen LogP contribution in [0.15, 0.2) is 29.3 Å². The molecule has 1 aromatic rings. The summed E-state index contributed by atoms with van der Waals surface area (Å²) >= 11 is 0. The molecule has 2 N–H and O–H groups in total. The first-order valence-corrected chi connectivity index (χ1v) is 10.1. The Kier molecular flexibility index (Phi) is 6.52. The van der Waals surface area contributed by atoms with Crippen molar-refractivity contribution < 1.29 is 4.39 Å². The minimum absolute atomic E-state index is 0.0727. The lowest BCUT2D eigenvalue weighted by molar-refractivity contribution is 0.203. The van der Waals surface area contributed by atoms with Crippen LogP contribution in [0.2, 0.25) is 0 Å². The molecule has 0 bridgehead atoms. The molecule has 2 fully saturated rings. The van der Waals surface area contributed by atoms with E-state index in [0.29, 0.717) is 6.04 Å². The Hall–Kier alpha value is -1.62. The molecule has 5 heteroatoms. The Balaban J connectivity index is 1.46. The first-order chi connectivity index (χ1) is 12.6. The highest BCUT2D eigenvalue weighted by Gasteiger charge is 2.44. The molecule has 26 heavy (non-hydrogen) atoms. The number of halogens is 1. The summed E-state index contributed by atoms with van der Waals surface area (Å²) in [5, 5.41) is 7.07. The number of nitrogens with one attached hydrogen (secondary N) is 2. The fraction of sp³-hybridized carbons (Fsp3) is 0.667. The third-order valence-corrected chi connectivity index (χ3v) is 5.86. The summed E-state index contributed by atoms with van der Waals surface area (Å²) in [4.78, 5) is 6.97. The largest absolute Gasteiger partial charge is 0.356 e. The summed E-state index contributed by atoms with van der Waals surface area (Å²) in [7, 11) is 1.83. The van der Waals surface area contributed by atoms with E-state index in [0.717, 1.165) is 30.9 Å². The molecule has 3 rings (SSSR count). The van der Waals surface area contributed by atoms with Crippen molar-refractivity contribution in [3.8, 4) is 0 Å². The lowest BCUT2D eigenvalue weighted by Gasteiger charge is -2.33. The lowest BCUT2D eigenvalue weighted by atomic mass is 9.96.